The highest BCUT2D eigenvalue weighted by atomic mass is 32.2. The average molecular weight is 258 g/mol. The maximum absolute atomic E-state index is 4.67. The molecule has 2 atom stereocenters. The first-order chi connectivity index (χ1) is 7.90. The summed E-state index contributed by atoms with van der Waals surface area (Å²) in [5.74, 6) is 3.43. The van der Waals surface area contributed by atoms with Crippen LogP contribution in [0.25, 0.3) is 0 Å². The smallest absolute Gasteiger partial charge is 0.156 e. The first-order valence-electron chi connectivity index (χ1n) is 6.33. The molecule has 0 radical (unpaired) electrons. The van der Waals surface area contributed by atoms with Gasteiger partial charge < -0.3 is 5.32 Å². The molecule has 0 aromatic carbocycles. The van der Waals surface area contributed by atoms with Gasteiger partial charge in [-0.3, -0.25) is 4.99 Å². The highest BCUT2D eigenvalue weighted by molar-refractivity contribution is 8.13. The van der Waals surface area contributed by atoms with Gasteiger partial charge in [0.25, 0.3) is 0 Å². The van der Waals surface area contributed by atoms with Crippen molar-refractivity contribution in [1.29, 1.82) is 0 Å². The Balaban J connectivity index is 1.75. The summed E-state index contributed by atoms with van der Waals surface area (Å²) in [4.78, 5) is 4.67. The second kappa shape index (κ2) is 6.80. The lowest BCUT2D eigenvalue weighted by Crippen LogP contribution is -2.46. The SMILES string of the molecule is CSCCCN=C1NC2CCCCC2CS1. The standard InChI is InChI=1S/C12H22N2S2/c1-15-8-4-7-13-12-14-11-6-3-2-5-10(11)9-16-12/h10-11H,2-9H2,1H3,(H,13,14). The molecule has 1 aliphatic carbocycles. The van der Waals surface area contributed by atoms with Crippen LogP contribution >= 0.6 is 23.5 Å². The number of nitrogens with one attached hydrogen (secondary N) is 1. The predicted octanol–water partition coefficient (Wildman–Crippen LogP) is 2.99. The van der Waals surface area contributed by atoms with Crippen LogP contribution in [0.3, 0.4) is 0 Å². The summed E-state index contributed by atoms with van der Waals surface area (Å²) in [5, 5.41) is 4.85. The topological polar surface area (TPSA) is 24.4 Å². The van der Waals surface area contributed by atoms with Crippen molar-refractivity contribution in [2.75, 3.05) is 24.3 Å². The molecule has 0 amide bonds. The van der Waals surface area contributed by atoms with E-state index >= 15 is 0 Å². The molecule has 4 heteroatoms. The average Bonchev–Trinajstić information content (AvgIpc) is 2.34. The minimum atomic E-state index is 0.731. The van der Waals surface area contributed by atoms with Gasteiger partial charge in [0, 0.05) is 18.3 Å². The molecule has 0 aromatic rings. The number of aliphatic imine (C=N–C) groups is 1. The van der Waals surface area contributed by atoms with Crippen molar-refractivity contribution >= 4 is 28.7 Å². The van der Waals surface area contributed by atoms with Crippen molar-refractivity contribution in [3.8, 4) is 0 Å². The summed E-state index contributed by atoms with van der Waals surface area (Å²) in [6.45, 7) is 0.994. The van der Waals surface area contributed by atoms with Crippen molar-refractivity contribution in [2.24, 2.45) is 10.9 Å². The van der Waals surface area contributed by atoms with Gasteiger partial charge in [0.1, 0.15) is 0 Å². The molecule has 1 N–H and O–H groups in total. The monoisotopic (exact) mass is 258 g/mol. The zero-order chi connectivity index (χ0) is 11.2. The summed E-state index contributed by atoms with van der Waals surface area (Å²) in [6, 6.07) is 0.731. The molecule has 2 unspecified atom stereocenters. The fourth-order valence-electron chi connectivity index (χ4n) is 2.46. The normalized spacial score (nSPS) is 32.2. The van der Waals surface area contributed by atoms with Crippen LogP contribution in [0.15, 0.2) is 4.99 Å². The molecule has 1 saturated heterocycles. The van der Waals surface area contributed by atoms with E-state index in [1.807, 2.05) is 23.5 Å². The van der Waals surface area contributed by atoms with Gasteiger partial charge in [-0.2, -0.15) is 11.8 Å². The van der Waals surface area contributed by atoms with Crippen LogP contribution in [-0.4, -0.2) is 35.5 Å². The molecule has 2 nitrogen and oxygen atoms in total. The second-order valence-corrected chi connectivity index (χ2v) is 6.63. The molecule has 1 saturated carbocycles. The van der Waals surface area contributed by atoms with Crippen LogP contribution < -0.4 is 5.32 Å². The molecule has 0 spiro atoms. The Hall–Kier alpha value is 0.170. The van der Waals surface area contributed by atoms with E-state index in [4.69, 9.17) is 0 Å². The number of fused-ring (bicyclic) bond motifs is 1. The number of hydrogen-bond donors (Lipinski definition) is 1. The van der Waals surface area contributed by atoms with Crippen molar-refractivity contribution in [1.82, 2.24) is 5.32 Å². The van der Waals surface area contributed by atoms with Gasteiger partial charge in [-0.05, 0) is 37.2 Å². The first-order valence-corrected chi connectivity index (χ1v) is 8.71. The number of amidine groups is 1. The second-order valence-electron chi connectivity index (χ2n) is 4.64. The van der Waals surface area contributed by atoms with Gasteiger partial charge in [-0.15, -0.1) is 0 Å². The maximum atomic E-state index is 4.67. The van der Waals surface area contributed by atoms with Crippen molar-refractivity contribution in [3.63, 3.8) is 0 Å². The molecule has 0 aromatic heterocycles. The third-order valence-electron chi connectivity index (χ3n) is 3.41. The van der Waals surface area contributed by atoms with Gasteiger partial charge in [-0.25, -0.2) is 0 Å². The minimum absolute atomic E-state index is 0.731. The van der Waals surface area contributed by atoms with Gasteiger partial charge in [0.2, 0.25) is 0 Å². The fourth-order valence-corrected chi connectivity index (χ4v) is 4.07. The zero-order valence-electron chi connectivity index (χ0n) is 10.1. The Labute approximate surface area is 107 Å². The van der Waals surface area contributed by atoms with Crippen molar-refractivity contribution in [3.05, 3.63) is 0 Å². The van der Waals surface area contributed by atoms with Crippen LogP contribution in [0.4, 0.5) is 0 Å². The number of thioether (sulfide) groups is 2. The van der Waals surface area contributed by atoms with Crippen LogP contribution in [0.2, 0.25) is 0 Å². The Bertz CT molecular complexity index is 243. The third kappa shape index (κ3) is 3.59. The molecule has 92 valence electrons. The Kier molecular flexibility index (Phi) is 5.36. The minimum Gasteiger partial charge on any atom is -0.362 e. The largest absolute Gasteiger partial charge is 0.362 e. The lowest BCUT2D eigenvalue weighted by atomic mass is 9.86. The maximum Gasteiger partial charge on any atom is 0.156 e. The van der Waals surface area contributed by atoms with Gasteiger partial charge in [0.15, 0.2) is 5.17 Å². The Morgan fingerprint density at radius 3 is 3.19 bits per heavy atom. The van der Waals surface area contributed by atoms with Crippen molar-refractivity contribution in [2.45, 2.75) is 38.1 Å². The van der Waals surface area contributed by atoms with Crippen LogP contribution in [0.1, 0.15) is 32.1 Å². The molecule has 0 bridgehead atoms. The van der Waals surface area contributed by atoms with E-state index in [2.05, 4.69) is 16.6 Å². The third-order valence-corrected chi connectivity index (χ3v) is 5.23. The molecule has 2 fully saturated rings. The zero-order valence-corrected chi connectivity index (χ0v) is 11.7. The van der Waals surface area contributed by atoms with Crippen LogP contribution in [0.5, 0.6) is 0 Å². The Morgan fingerprint density at radius 1 is 1.44 bits per heavy atom. The quantitative estimate of drug-likeness (QED) is 0.785. The predicted molar refractivity (Wildman–Crippen MR) is 76.6 cm³/mol. The summed E-state index contributed by atoms with van der Waals surface area (Å²) in [5.41, 5.74) is 0. The molecular weight excluding hydrogens is 236 g/mol. The number of hydrogen-bond acceptors (Lipinski definition) is 3. The summed E-state index contributed by atoms with van der Waals surface area (Å²) in [6.07, 6.45) is 8.98. The molecular formula is C12H22N2S2. The highest BCUT2D eigenvalue weighted by Crippen LogP contribution is 2.31. The van der Waals surface area contributed by atoms with E-state index in [1.54, 1.807) is 0 Å². The fraction of sp³-hybridized carbons (Fsp3) is 0.917. The molecule has 16 heavy (non-hydrogen) atoms. The van der Waals surface area contributed by atoms with Crippen LogP contribution in [0, 0.1) is 5.92 Å². The summed E-state index contributed by atoms with van der Waals surface area (Å²) in [7, 11) is 0. The number of nitrogens with zero attached hydrogens (tertiary/aromatic N) is 1. The van der Waals surface area contributed by atoms with E-state index in [-0.39, 0.29) is 0 Å². The summed E-state index contributed by atoms with van der Waals surface area (Å²) >= 11 is 3.85. The first kappa shape index (κ1) is 12.6. The lowest BCUT2D eigenvalue weighted by Gasteiger charge is -2.36. The van der Waals surface area contributed by atoms with Gasteiger partial charge in [-0.1, -0.05) is 24.6 Å². The lowest BCUT2D eigenvalue weighted by molar-refractivity contribution is 0.311. The highest BCUT2D eigenvalue weighted by Gasteiger charge is 2.29. The van der Waals surface area contributed by atoms with E-state index in [0.29, 0.717) is 0 Å². The Morgan fingerprint density at radius 2 is 2.31 bits per heavy atom. The summed E-state index contributed by atoms with van der Waals surface area (Å²) < 4.78 is 0. The van der Waals surface area contributed by atoms with E-state index in [9.17, 15) is 0 Å². The number of rotatable bonds is 4. The van der Waals surface area contributed by atoms with Gasteiger partial charge in [0.05, 0.1) is 0 Å². The van der Waals surface area contributed by atoms with E-state index < -0.39 is 0 Å². The molecule has 1 aliphatic heterocycles. The van der Waals surface area contributed by atoms with E-state index in [0.717, 1.165) is 18.5 Å². The van der Waals surface area contributed by atoms with Gasteiger partial charge >= 0.3 is 0 Å². The molecule has 2 rings (SSSR count). The molecule has 1 heterocycles. The van der Waals surface area contributed by atoms with Crippen LogP contribution in [-0.2, 0) is 0 Å². The van der Waals surface area contributed by atoms with Crippen molar-refractivity contribution < 1.29 is 0 Å². The molecule has 2 aliphatic rings. The van der Waals surface area contributed by atoms with E-state index in [1.165, 1.54) is 48.8 Å².